The third kappa shape index (κ3) is 1.89. The van der Waals surface area contributed by atoms with Crippen molar-refractivity contribution < 1.29 is 9.90 Å². The van der Waals surface area contributed by atoms with Gasteiger partial charge in [0.15, 0.2) is 0 Å². The minimum Gasteiger partial charge on any atom is -0.510 e. The first-order valence-electron chi connectivity index (χ1n) is 2.12. The molecule has 50 valence electrons. The van der Waals surface area contributed by atoms with E-state index in [-0.39, 0.29) is 0 Å². The van der Waals surface area contributed by atoms with E-state index in [0.29, 0.717) is 0 Å². The van der Waals surface area contributed by atoms with Crippen molar-refractivity contribution in [3.05, 3.63) is 16.4 Å². The van der Waals surface area contributed by atoms with E-state index in [1.807, 2.05) is 0 Å². The van der Waals surface area contributed by atoms with Crippen LogP contribution in [0.3, 0.4) is 0 Å². The zero-order chi connectivity index (χ0) is 7.44. The standard InChI is InChI=1S/C4H6N2O3/c1-2(7)3(6-9)4(5)8/h7H,1H3,(H2,5,8). The molecule has 0 spiro atoms. The van der Waals surface area contributed by atoms with Crippen molar-refractivity contribution in [1.82, 2.24) is 0 Å². The van der Waals surface area contributed by atoms with Gasteiger partial charge >= 0.3 is 0 Å². The summed E-state index contributed by atoms with van der Waals surface area (Å²) in [6, 6.07) is 0. The topological polar surface area (TPSA) is 92.8 Å². The summed E-state index contributed by atoms with van der Waals surface area (Å²) < 4.78 is 0. The molecule has 0 aromatic rings. The average molecular weight is 130 g/mol. The Morgan fingerprint density at radius 3 is 2.11 bits per heavy atom. The summed E-state index contributed by atoms with van der Waals surface area (Å²) in [5.41, 5.74) is 3.97. The zero-order valence-electron chi connectivity index (χ0n) is 4.79. The Kier molecular flexibility index (Phi) is 2.37. The van der Waals surface area contributed by atoms with Gasteiger partial charge in [0, 0.05) is 0 Å². The third-order valence-corrected chi connectivity index (χ3v) is 0.667. The maximum Gasteiger partial charge on any atom is 0.274 e. The van der Waals surface area contributed by atoms with Crippen LogP contribution in [0.25, 0.3) is 0 Å². The molecule has 0 aromatic carbocycles. The molecule has 0 fully saturated rings. The highest BCUT2D eigenvalue weighted by atomic mass is 16.3. The lowest BCUT2D eigenvalue weighted by atomic mass is 10.4. The van der Waals surface area contributed by atoms with Gasteiger partial charge in [-0.2, -0.15) is 0 Å². The molecule has 9 heavy (non-hydrogen) atoms. The summed E-state index contributed by atoms with van der Waals surface area (Å²) in [5.74, 6) is -1.48. The van der Waals surface area contributed by atoms with E-state index in [4.69, 9.17) is 5.11 Å². The van der Waals surface area contributed by atoms with Gasteiger partial charge in [-0.25, -0.2) is 0 Å². The first kappa shape index (κ1) is 7.61. The first-order valence-corrected chi connectivity index (χ1v) is 2.12. The van der Waals surface area contributed by atoms with Crippen LogP contribution >= 0.6 is 0 Å². The largest absolute Gasteiger partial charge is 0.510 e. The molecule has 5 heteroatoms. The summed E-state index contributed by atoms with van der Waals surface area (Å²) in [6.45, 7) is 1.15. The van der Waals surface area contributed by atoms with E-state index in [2.05, 4.69) is 10.9 Å². The van der Waals surface area contributed by atoms with Crippen LogP contribution in [0.5, 0.6) is 0 Å². The molecule has 0 unspecified atom stereocenters. The lowest BCUT2D eigenvalue weighted by molar-refractivity contribution is -0.114. The predicted molar refractivity (Wildman–Crippen MR) is 30.3 cm³/mol. The molecule has 0 heterocycles. The van der Waals surface area contributed by atoms with Crippen LogP contribution < -0.4 is 5.73 Å². The predicted octanol–water partition coefficient (Wildman–Crippen LogP) is 0.0276. The Morgan fingerprint density at radius 1 is 1.67 bits per heavy atom. The van der Waals surface area contributed by atoms with Gasteiger partial charge < -0.3 is 10.8 Å². The van der Waals surface area contributed by atoms with Crippen LogP contribution in [0, 0.1) is 4.91 Å². The molecule has 1 amide bonds. The van der Waals surface area contributed by atoms with E-state index in [1.54, 1.807) is 0 Å². The highest BCUT2D eigenvalue weighted by molar-refractivity contribution is 5.91. The number of aliphatic hydroxyl groups excluding tert-OH is 1. The number of rotatable bonds is 2. The SMILES string of the molecule is CC(O)=C(N=O)C(N)=O. The van der Waals surface area contributed by atoms with Crippen LogP contribution in [0.1, 0.15) is 6.92 Å². The fraction of sp³-hybridized carbons (Fsp3) is 0.250. The zero-order valence-corrected chi connectivity index (χ0v) is 4.79. The lowest BCUT2D eigenvalue weighted by Gasteiger charge is -1.89. The van der Waals surface area contributed by atoms with Crippen molar-refractivity contribution in [3.63, 3.8) is 0 Å². The number of carbonyl (C=O) groups is 1. The number of primary amides is 1. The van der Waals surface area contributed by atoms with Gasteiger partial charge in [0.1, 0.15) is 5.76 Å². The molecule has 0 aliphatic carbocycles. The molecule has 0 radical (unpaired) electrons. The number of amides is 1. The van der Waals surface area contributed by atoms with Crippen LogP contribution in [0.2, 0.25) is 0 Å². The van der Waals surface area contributed by atoms with Crippen molar-refractivity contribution in [2.45, 2.75) is 6.92 Å². The van der Waals surface area contributed by atoms with Crippen molar-refractivity contribution >= 4 is 5.91 Å². The Balaban J connectivity index is 4.55. The Hall–Kier alpha value is -1.39. The van der Waals surface area contributed by atoms with E-state index in [0.717, 1.165) is 6.92 Å². The highest BCUT2D eigenvalue weighted by Crippen LogP contribution is 1.99. The summed E-state index contributed by atoms with van der Waals surface area (Å²) in [4.78, 5) is 19.7. The fourth-order valence-corrected chi connectivity index (χ4v) is 0.289. The van der Waals surface area contributed by atoms with Gasteiger partial charge in [-0.3, -0.25) is 4.79 Å². The van der Waals surface area contributed by atoms with Gasteiger partial charge in [0.25, 0.3) is 5.91 Å². The number of hydrogen-bond acceptors (Lipinski definition) is 4. The molecule has 0 saturated carbocycles. The molecule has 0 bridgehead atoms. The summed E-state index contributed by atoms with van der Waals surface area (Å²) in [7, 11) is 0. The monoisotopic (exact) mass is 130 g/mol. The number of hydrogen-bond donors (Lipinski definition) is 2. The van der Waals surface area contributed by atoms with E-state index >= 15 is 0 Å². The molecule has 0 saturated heterocycles. The van der Waals surface area contributed by atoms with Gasteiger partial charge in [-0.1, -0.05) is 0 Å². The molecular weight excluding hydrogens is 124 g/mol. The number of carbonyl (C=O) groups excluding carboxylic acids is 1. The van der Waals surface area contributed by atoms with Crippen molar-refractivity contribution in [2.24, 2.45) is 10.9 Å². The number of allylic oxidation sites excluding steroid dienone is 1. The molecule has 0 rings (SSSR count). The lowest BCUT2D eigenvalue weighted by Crippen LogP contribution is -2.13. The molecule has 0 atom stereocenters. The maximum atomic E-state index is 10.1. The number of nitroso groups, excluding NO2 is 1. The van der Waals surface area contributed by atoms with E-state index < -0.39 is 17.4 Å². The van der Waals surface area contributed by atoms with E-state index in [1.165, 1.54) is 0 Å². The molecular formula is C4H6N2O3. The van der Waals surface area contributed by atoms with Gasteiger partial charge in [-0.15, -0.1) is 4.91 Å². The second-order valence-corrected chi connectivity index (χ2v) is 1.39. The van der Waals surface area contributed by atoms with Crippen LogP contribution in [0.4, 0.5) is 0 Å². The van der Waals surface area contributed by atoms with E-state index in [9.17, 15) is 9.70 Å². The average Bonchev–Trinajstić information content (AvgIpc) is 1.64. The second-order valence-electron chi connectivity index (χ2n) is 1.39. The second kappa shape index (κ2) is 2.81. The molecule has 5 nitrogen and oxygen atoms in total. The minimum absolute atomic E-state index is 0.461. The van der Waals surface area contributed by atoms with Crippen LogP contribution in [0.15, 0.2) is 16.6 Å². The Labute approximate surface area is 51.1 Å². The molecule has 0 aliphatic heterocycles. The third-order valence-electron chi connectivity index (χ3n) is 0.667. The van der Waals surface area contributed by atoms with Crippen molar-refractivity contribution in [2.75, 3.05) is 0 Å². The van der Waals surface area contributed by atoms with Crippen LogP contribution in [-0.2, 0) is 4.79 Å². The smallest absolute Gasteiger partial charge is 0.274 e. The minimum atomic E-state index is -1.02. The number of aliphatic hydroxyl groups is 1. The summed E-state index contributed by atoms with van der Waals surface area (Å²) in [6.07, 6.45) is 0. The van der Waals surface area contributed by atoms with Crippen molar-refractivity contribution in [3.8, 4) is 0 Å². The van der Waals surface area contributed by atoms with Gasteiger partial charge in [-0.05, 0) is 12.1 Å². The van der Waals surface area contributed by atoms with Gasteiger partial charge in [0.2, 0.25) is 5.70 Å². The number of nitrogens with two attached hydrogens (primary N) is 1. The summed E-state index contributed by atoms with van der Waals surface area (Å²) in [5, 5.41) is 10.7. The Bertz CT molecular complexity index is 169. The molecule has 3 N–H and O–H groups in total. The quantitative estimate of drug-likeness (QED) is 0.313. The number of nitrogens with zero attached hydrogens (tertiary/aromatic N) is 1. The summed E-state index contributed by atoms with van der Waals surface area (Å²) >= 11 is 0. The Morgan fingerprint density at radius 2 is 2.11 bits per heavy atom. The first-order chi connectivity index (χ1) is 4.09. The normalized spacial score (nSPS) is 12.1. The fourth-order valence-electron chi connectivity index (χ4n) is 0.289. The highest BCUT2D eigenvalue weighted by Gasteiger charge is 2.07. The van der Waals surface area contributed by atoms with Crippen LogP contribution in [-0.4, -0.2) is 11.0 Å². The molecule has 0 aliphatic rings. The van der Waals surface area contributed by atoms with Gasteiger partial charge in [0.05, 0.1) is 0 Å². The molecule has 0 aromatic heterocycles. The van der Waals surface area contributed by atoms with Crippen molar-refractivity contribution in [1.29, 1.82) is 0 Å². The maximum absolute atomic E-state index is 10.1.